The Morgan fingerprint density at radius 1 is 2.00 bits per heavy atom. The van der Waals surface area contributed by atoms with Gasteiger partial charge >= 0.3 is 0 Å². The number of hydrogen-bond acceptors (Lipinski definition) is 0. The van der Waals surface area contributed by atoms with Gasteiger partial charge in [-0.05, 0) is 6.92 Å². The van der Waals surface area contributed by atoms with Crippen LogP contribution < -0.4 is 0 Å². The molecule has 0 saturated heterocycles. The van der Waals surface area contributed by atoms with Gasteiger partial charge in [-0.2, -0.15) is 0 Å². The topological polar surface area (TPSA) is 0 Å². The summed E-state index contributed by atoms with van der Waals surface area (Å²) in [5, 5.41) is 0. The Balaban J connectivity index is 3.46. The Bertz CT molecular complexity index is 88.3. The van der Waals surface area contributed by atoms with Gasteiger partial charge in [0.05, 0.1) is 2.74 Å². The van der Waals surface area contributed by atoms with Crippen molar-refractivity contribution < 1.29 is 2.74 Å². The van der Waals surface area contributed by atoms with Gasteiger partial charge in [0.25, 0.3) is 0 Å². The van der Waals surface area contributed by atoms with Gasteiger partial charge in [-0.1, -0.05) is 24.8 Å². The van der Waals surface area contributed by atoms with Gasteiger partial charge < -0.3 is 0 Å². The normalized spacial score (nSPS) is 13.8. The highest BCUT2D eigenvalue weighted by molar-refractivity contribution is 4.94. The van der Waals surface area contributed by atoms with E-state index in [1.807, 2.05) is 6.92 Å². The van der Waals surface area contributed by atoms with Crippen molar-refractivity contribution in [1.82, 2.24) is 0 Å². The van der Waals surface area contributed by atoms with Gasteiger partial charge in [0.1, 0.15) is 0 Å². The lowest BCUT2D eigenvalue weighted by atomic mass is 10.5. The molecule has 0 heteroatoms. The minimum Gasteiger partial charge on any atom is -0.0991 e. The van der Waals surface area contributed by atoms with Crippen LogP contribution in [0.5, 0.6) is 0 Å². The van der Waals surface area contributed by atoms with E-state index in [9.17, 15) is 0 Å². The zero-order valence-electron chi connectivity index (χ0n) is 5.23. The Hall–Kier alpha value is -0.520. The molecule has 0 aromatic rings. The van der Waals surface area contributed by atoms with E-state index in [1.165, 1.54) is 6.08 Å². The van der Waals surface area contributed by atoms with Crippen molar-refractivity contribution in [3.63, 3.8) is 0 Å². The molecular formula is C5H8. The molecule has 0 nitrogen and oxygen atoms in total. The predicted molar refractivity (Wildman–Crippen MR) is 25.0 cm³/mol. The van der Waals surface area contributed by atoms with Gasteiger partial charge in [0.15, 0.2) is 0 Å². The molecule has 0 unspecified atom stereocenters. The van der Waals surface area contributed by atoms with Gasteiger partial charge in [-0.25, -0.2) is 0 Å². The van der Waals surface area contributed by atoms with Gasteiger partial charge in [-0.3, -0.25) is 0 Å². The first-order valence-corrected chi connectivity index (χ1v) is 1.53. The maximum absolute atomic E-state index is 6.56. The van der Waals surface area contributed by atoms with E-state index in [1.54, 1.807) is 12.2 Å². The number of allylic oxidation sites excluding steroid dienone is 3. The van der Waals surface area contributed by atoms with Crippen molar-refractivity contribution in [2.24, 2.45) is 0 Å². The summed E-state index contributed by atoms with van der Waals surface area (Å²) in [5.74, 6) is 0. The summed E-state index contributed by atoms with van der Waals surface area (Å²) in [6.07, 6.45) is 4.86. The number of hydrogen-bond donors (Lipinski definition) is 0. The van der Waals surface area contributed by atoms with E-state index in [2.05, 4.69) is 0 Å². The molecule has 0 heterocycles. The Morgan fingerprint density at radius 2 is 2.80 bits per heavy atom. The molecule has 0 saturated carbocycles. The first-order valence-electron chi connectivity index (χ1n) is 2.53. The zero-order chi connectivity index (χ0) is 5.70. The summed E-state index contributed by atoms with van der Waals surface area (Å²) in [7, 11) is 0. The molecular weight excluding hydrogens is 60.1 g/mol. The van der Waals surface area contributed by atoms with Crippen LogP contribution >= 0.6 is 0 Å². The molecule has 0 aliphatic carbocycles. The lowest BCUT2D eigenvalue weighted by Gasteiger charge is -1.56. The maximum atomic E-state index is 6.56. The second-order valence-electron chi connectivity index (χ2n) is 0.692. The second-order valence-corrected chi connectivity index (χ2v) is 0.692. The minimum absolute atomic E-state index is 0.155. The molecule has 0 fully saturated rings. The fourth-order valence-corrected chi connectivity index (χ4v) is 0.0962. The third-order valence-corrected chi connectivity index (χ3v) is 0.289. The Labute approximate surface area is 35.6 Å². The summed E-state index contributed by atoms with van der Waals surface area (Å²) >= 11 is 0. The average molecular weight is 70.1 g/mol. The third kappa shape index (κ3) is 3.48. The van der Waals surface area contributed by atoms with Crippen LogP contribution in [-0.2, 0) is 0 Å². The van der Waals surface area contributed by atoms with Crippen LogP contribution in [0.2, 0.25) is 0 Å². The van der Waals surface area contributed by atoms with Crippen molar-refractivity contribution in [1.29, 1.82) is 0 Å². The van der Waals surface area contributed by atoms with Crippen molar-refractivity contribution in [2.45, 2.75) is 6.92 Å². The summed E-state index contributed by atoms with van der Waals surface area (Å²) in [6, 6.07) is 0. The first-order chi connectivity index (χ1) is 3.27. The molecule has 0 aliphatic rings. The molecule has 0 bridgehead atoms. The third-order valence-electron chi connectivity index (χ3n) is 0.289. The van der Waals surface area contributed by atoms with Crippen LogP contribution in [0, 0.1) is 0 Å². The van der Waals surface area contributed by atoms with Gasteiger partial charge in [-0.15, -0.1) is 0 Å². The first kappa shape index (κ1) is 1.81. The summed E-state index contributed by atoms with van der Waals surface area (Å²) in [5.41, 5.74) is 0. The quantitative estimate of drug-likeness (QED) is 0.412. The van der Waals surface area contributed by atoms with Crippen molar-refractivity contribution >= 4 is 0 Å². The summed E-state index contributed by atoms with van der Waals surface area (Å²) in [6.45, 7) is 1.69. The molecule has 0 aromatic heterocycles. The highest BCUT2D eigenvalue weighted by Crippen LogP contribution is 1.64. The van der Waals surface area contributed by atoms with Gasteiger partial charge in [0.2, 0.25) is 0 Å². The summed E-state index contributed by atoms with van der Waals surface area (Å²) < 4.78 is 13.1. The second kappa shape index (κ2) is 3.48. The fourth-order valence-electron chi connectivity index (χ4n) is 0.0962. The van der Waals surface area contributed by atoms with E-state index in [0.29, 0.717) is 0 Å². The molecule has 0 amide bonds. The highest BCUT2D eigenvalue weighted by atomic mass is 13.5. The smallest absolute Gasteiger partial charge is 0.0538 e. The summed E-state index contributed by atoms with van der Waals surface area (Å²) in [4.78, 5) is 0. The molecule has 5 heavy (non-hydrogen) atoms. The van der Waals surface area contributed by atoms with E-state index in [-0.39, 0.29) is 6.53 Å². The van der Waals surface area contributed by atoms with Crippen molar-refractivity contribution in [3.05, 3.63) is 24.8 Å². The van der Waals surface area contributed by atoms with Crippen molar-refractivity contribution in [2.75, 3.05) is 0 Å². The SMILES string of the molecule is [2H]C([2H])=CC=CC. The van der Waals surface area contributed by atoms with E-state index in [0.717, 1.165) is 0 Å². The minimum atomic E-state index is -0.155. The van der Waals surface area contributed by atoms with E-state index >= 15 is 0 Å². The van der Waals surface area contributed by atoms with E-state index < -0.39 is 0 Å². The lowest BCUT2D eigenvalue weighted by molar-refractivity contribution is 1.74. The Kier molecular flexibility index (Phi) is 1.26. The fraction of sp³-hybridized carbons (Fsp3) is 0.200. The molecule has 0 spiro atoms. The van der Waals surface area contributed by atoms with Crippen LogP contribution in [0.25, 0.3) is 0 Å². The molecule has 0 aliphatic heterocycles. The van der Waals surface area contributed by atoms with E-state index in [4.69, 9.17) is 2.74 Å². The van der Waals surface area contributed by atoms with Gasteiger partial charge in [0, 0.05) is 0 Å². The largest absolute Gasteiger partial charge is 0.0991 e. The lowest BCUT2D eigenvalue weighted by Crippen LogP contribution is -1.33. The molecule has 0 rings (SSSR count). The van der Waals surface area contributed by atoms with Crippen LogP contribution in [0.3, 0.4) is 0 Å². The van der Waals surface area contributed by atoms with Crippen molar-refractivity contribution in [3.8, 4) is 0 Å². The van der Waals surface area contributed by atoms with Crippen LogP contribution in [0.4, 0.5) is 0 Å². The molecule has 0 radical (unpaired) electrons. The highest BCUT2D eigenvalue weighted by Gasteiger charge is 1.42. The molecule has 0 aromatic carbocycles. The number of rotatable bonds is 1. The van der Waals surface area contributed by atoms with Crippen LogP contribution in [0.15, 0.2) is 24.8 Å². The Morgan fingerprint density at radius 3 is 3.00 bits per heavy atom. The van der Waals surface area contributed by atoms with Crippen LogP contribution in [0.1, 0.15) is 9.67 Å². The average Bonchev–Trinajstić information content (AvgIpc) is 1.61. The molecule has 28 valence electrons. The van der Waals surface area contributed by atoms with Crippen LogP contribution in [-0.4, -0.2) is 0 Å². The zero-order valence-corrected chi connectivity index (χ0v) is 3.23. The standard InChI is InChI=1S/C5H8/c1-3-5-4-2/h3-5H,1H2,2H3/i1D2. The molecule has 0 N–H and O–H groups in total. The predicted octanol–water partition coefficient (Wildman–Crippen LogP) is 1.75. The maximum Gasteiger partial charge on any atom is 0.0538 e. The molecule has 0 atom stereocenters. The monoisotopic (exact) mass is 70.1 g/mol.